The van der Waals surface area contributed by atoms with Crippen molar-refractivity contribution in [3.8, 4) is 0 Å². The second-order valence-corrected chi connectivity index (χ2v) is 5.28. The molecule has 0 aliphatic heterocycles. The Balaban J connectivity index is 1.75. The molecule has 5 nitrogen and oxygen atoms in total. The van der Waals surface area contributed by atoms with Crippen LogP contribution in [0.3, 0.4) is 0 Å². The number of anilines is 3. The highest BCUT2D eigenvalue weighted by molar-refractivity contribution is 6.31. The fourth-order valence-electron chi connectivity index (χ4n) is 2.03. The van der Waals surface area contributed by atoms with Crippen LogP contribution in [0.25, 0.3) is 0 Å². The molecule has 0 spiro atoms. The van der Waals surface area contributed by atoms with E-state index in [0.29, 0.717) is 29.7 Å². The number of halogens is 2. The normalized spacial score (nSPS) is 10.6. The van der Waals surface area contributed by atoms with E-state index in [4.69, 9.17) is 16.0 Å². The molecule has 3 rings (SSSR count). The first-order valence-electron chi connectivity index (χ1n) is 6.94. The summed E-state index contributed by atoms with van der Waals surface area (Å²) in [6.07, 6.45) is 1.62. The van der Waals surface area contributed by atoms with Gasteiger partial charge in [0.05, 0.1) is 17.8 Å². The van der Waals surface area contributed by atoms with Crippen molar-refractivity contribution in [1.82, 2.24) is 9.97 Å². The zero-order valence-electron chi connectivity index (χ0n) is 12.3. The van der Waals surface area contributed by atoms with E-state index in [-0.39, 0.29) is 5.02 Å². The van der Waals surface area contributed by atoms with Gasteiger partial charge in [0.2, 0.25) is 0 Å². The first-order chi connectivity index (χ1) is 11.1. The maximum atomic E-state index is 13.2. The molecule has 2 heterocycles. The first kappa shape index (κ1) is 15.3. The molecule has 0 saturated heterocycles. The van der Waals surface area contributed by atoms with Crippen LogP contribution < -0.4 is 10.6 Å². The van der Waals surface area contributed by atoms with Gasteiger partial charge in [0, 0.05) is 11.8 Å². The Hall–Kier alpha value is -2.60. The molecule has 0 aliphatic rings. The number of furan rings is 1. The maximum absolute atomic E-state index is 13.2. The molecule has 0 aliphatic carbocycles. The number of hydrogen-bond donors (Lipinski definition) is 2. The molecule has 0 atom stereocenters. The quantitative estimate of drug-likeness (QED) is 0.719. The summed E-state index contributed by atoms with van der Waals surface area (Å²) in [5.74, 6) is 2.19. The van der Waals surface area contributed by atoms with Crippen molar-refractivity contribution < 1.29 is 8.81 Å². The van der Waals surface area contributed by atoms with Crippen LogP contribution in [0.2, 0.25) is 5.02 Å². The van der Waals surface area contributed by atoms with Gasteiger partial charge in [-0.1, -0.05) is 11.6 Å². The average Bonchev–Trinajstić information content (AvgIpc) is 3.02. The fourth-order valence-corrected chi connectivity index (χ4v) is 2.22. The summed E-state index contributed by atoms with van der Waals surface area (Å²) in [5, 5.41) is 6.30. The van der Waals surface area contributed by atoms with Crippen LogP contribution >= 0.6 is 11.6 Å². The van der Waals surface area contributed by atoms with Crippen LogP contribution in [0.4, 0.5) is 21.7 Å². The lowest BCUT2D eigenvalue weighted by Gasteiger charge is -2.10. The van der Waals surface area contributed by atoms with Gasteiger partial charge in [0.25, 0.3) is 0 Å². The summed E-state index contributed by atoms with van der Waals surface area (Å²) in [7, 11) is 0. The van der Waals surface area contributed by atoms with Crippen LogP contribution in [0.5, 0.6) is 0 Å². The molecule has 0 fully saturated rings. The predicted molar refractivity (Wildman–Crippen MR) is 87.5 cm³/mol. The highest BCUT2D eigenvalue weighted by atomic mass is 35.5. The van der Waals surface area contributed by atoms with E-state index in [1.165, 1.54) is 12.1 Å². The fraction of sp³-hybridized carbons (Fsp3) is 0.125. The van der Waals surface area contributed by atoms with Gasteiger partial charge in [0.15, 0.2) is 0 Å². The highest BCUT2D eigenvalue weighted by Crippen LogP contribution is 2.23. The zero-order chi connectivity index (χ0) is 16.2. The molecule has 0 bridgehead atoms. The van der Waals surface area contributed by atoms with Crippen LogP contribution in [-0.4, -0.2) is 9.97 Å². The van der Waals surface area contributed by atoms with Crippen molar-refractivity contribution in [2.45, 2.75) is 13.5 Å². The predicted octanol–water partition coefficient (Wildman–Crippen LogP) is 4.53. The number of aromatic nitrogens is 2. The molecular formula is C16H14ClFN4O. The lowest BCUT2D eigenvalue weighted by molar-refractivity contribution is 0.518. The molecular weight excluding hydrogens is 319 g/mol. The summed E-state index contributed by atoms with van der Waals surface area (Å²) in [6.45, 7) is 2.31. The van der Waals surface area contributed by atoms with Gasteiger partial charge >= 0.3 is 0 Å². The Morgan fingerprint density at radius 1 is 1.17 bits per heavy atom. The highest BCUT2D eigenvalue weighted by Gasteiger charge is 2.05. The molecule has 0 saturated carbocycles. The average molecular weight is 333 g/mol. The van der Waals surface area contributed by atoms with Crippen molar-refractivity contribution in [3.05, 3.63) is 65.1 Å². The minimum Gasteiger partial charge on any atom is -0.467 e. The van der Waals surface area contributed by atoms with Gasteiger partial charge in [0.1, 0.15) is 29.0 Å². The monoisotopic (exact) mass is 332 g/mol. The molecule has 0 amide bonds. The van der Waals surface area contributed by atoms with Crippen LogP contribution in [0.15, 0.2) is 47.1 Å². The summed E-state index contributed by atoms with van der Waals surface area (Å²) in [5.41, 5.74) is 0.645. The Bertz CT molecular complexity index is 808. The van der Waals surface area contributed by atoms with Gasteiger partial charge in [-0.3, -0.25) is 0 Å². The minimum atomic E-state index is -0.461. The van der Waals surface area contributed by atoms with Gasteiger partial charge < -0.3 is 15.1 Å². The van der Waals surface area contributed by atoms with Crippen molar-refractivity contribution in [2.75, 3.05) is 10.6 Å². The van der Waals surface area contributed by atoms with E-state index in [1.54, 1.807) is 25.3 Å². The molecule has 0 radical (unpaired) electrons. The maximum Gasteiger partial charge on any atom is 0.141 e. The van der Waals surface area contributed by atoms with E-state index in [2.05, 4.69) is 20.6 Å². The summed E-state index contributed by atoms with van der Waals surface area (Å²) in [6, 6.07) is 9.86. The zero-order valence-corrected chi connectivity index (χ0v) is 13.1. The second kappa shape index (κ2) is 6.66. The molecule has 1 aromatic carbocycles. The number of aryl methyl sites for hydroxylation is 1. The third-order valence-electron chi connectivity index (χ3n) is 3.05. The number of hydrogen-bond acceptors (Lipinski definition) is 5. The summed E-state index contributed by atoms with van der Waals surface area (Å²) in [4.78, 5) is 8.62. The van der Waals surface area contributed by atoms with Crippen molar-refractivity contribution in [2.24, 2.45) is 0 Å². The Morgan fingerprint density at radius 2 is 2.00 bits per heavy atom. The Kier molecular flexibility index (Phi) is 4.43. The lowest BCUT2D eigenvalue weighted by Crippen LogP contribution is -2.04. The SMILES string of the molecule is Cc1nc(NCc2ccco2)cc(Nc2ccc(F)c(Cl)c2)n1. The van der Waals surface area contributed by atoms with E-state index in [9.17, 15) is 4.39 Å². The largest absolute Gasteiger partial charge is 0.467 e. The molecule has 118 valence electrons. The van der Waals surface area contributed by atoms with E-state index >= 15 is 0 Å². The molecule has 23 heavy (non-hydrogen) atoms. The molecule has 0 unspecified atom stereocenters. The number of rotatable bonds is 5. The minimum absolute atomic E-state index is 0.0527. The number of nitrogens with zero attached hydrogens (tertiary/aromatic N) is 2. The second-order valence-electron chi connectivity index (χ2n) is 4.87. The summed E-state index contributed by atoms with van der Waals surface area (Å²) < 4.78 is 18.5. The van der Waals surface area contributed by atoms with Crippen molar-refractivity contribution in [1.29, 1.82) is 0 Å². The van der Waals surface area contributed by atoms with Crippen LogP contribution in [0, 0.1) is 12.7 Å². The number of nitrogens with one attached hydrogen (secondary N) is 2. The Labute approximate surface area is 137 Å². The molecule has 3 aromatic rings. The van der Waals surface area contributed by atoms with Gasteiger partial charge in [-0.15, -0.1) is 0 Å². The summed E-state index contributed by atoms with van der Waals surface area (Å²) >= 11 is 5.78. The Morgan fingerprint density at radius 3 is 2.74 bits per heavy atom. The third-order valence-corrected chi connectivity index (χ3v) is 3.34. The first-order valence-corrected chi connectivity index (χ1v) is 7.32. The van der Waals surface area contributed by atoms with Gasteiger partial charge in [-0.2, -0.15) is 0 Å². The third kappa shape index (κ3) is 3.98. The van der Waals surface area contributed by atoms with Crippen molar-refractivity contribution in [3.63, 3.8) is 0 Å². The van der Waals surface area contributed by atoms with Gasteiger partial charge in [-0.05, 0) is 37.3 Å². The molecule has 7 heteroatoms. The topological polar surface area (TPSA) is 63.0 Å². The van der Waals surface area contributed by atoms with Crippen LogP contribution in [0.1, 0.15) is 11.6 Å². The van der Waals surface area contributed by atoms with E-state index < -0.39 is 5.82 Å². The molecule has 2 N–H and O–H groups in total. The van der Waals surface area contributed by atoms with E-state index in [0.717, 1.165) is 5.76 Å². The standard InChI is InChI=1S/C16H14ClFN4O/c1-10-20-15(19-9-12-3-2-6-23-12)8-16(21-10)22-11-4-5-14(18)13(17)7-11/h2-8H,9H2,1H3,(H2,19,20,21,22). The lowest BCUT2D eigenvalue weighted by atomic mass is 10.3. The smallest absolute Gasteiger partial charge is 0.141 e. The molecule has 2 aromatic heterocycles. The number of benzene rings is 1. The van der Waals surface area contributed by atoms with Crippen LogP contribution in [-0.2, 0) is 6.54 Å². The van der Waals surface area contributed by atoms with Gasteiger partial charge in [-0.25, -0.2) is 14.4 Å². The van der Waals surface area contributed by atoms with Crippen molar-refractivity contribution >= 4 is 28.9 Å². The van der Waals surface area contributed by atoms with E-state index in [1.807, 2.05) is 12.1 Å².